The number of rotatable bonds is 2. The number of nitrogens with two attached hydrogens (primary N) is 1. The van der Waals surface area contributed by atoms with Gasteiger partial charge in [0.25, 0.3) is 0 Å². The summed E-state index contributed by atoms with van der Waals surface area (Å²) in [6, 6.07) is 7.96. The summed E-state index contributed by atoms with van der Waals surface area (Å²) in [5, 5.41) is 0. The summed E-state index contributed by atoms with van der Waals surface area (Å²) in [5.41, 5.74) is 8.84. The molecule has 1 aromatic carbocycles. The van der Waals surface area contributed by atoms with Crippen LogP contribution in [0.25, 0.3) is 11.4 Å². The lowest BCUT2D eigenvalue weighted by Gasteiger charge is -2.18. The predicted octanol–water partition coefficient (Wildman–Crippen LogP) is 3.56. The van der Waals surface area contributed by atoms with Gasteiger partial charge in [0.15, 0.2) is 5.82 Å². The van der Waals surface area contributed by atoms with Crippen LogP contribution in [0.2, 0.25) is 0 Å². The van der Waals surface area contributed by atoms with Gasteiger partial charge in [0.1, 0.15) is 17.2 Å². The first kappa shape index (κ1) is 13.9. The Hall–Kier alpha value is -2.10. The van der Waals surface area contributed by atoms with Crippen molar-refractivity contribution in [2.24, 2.45) is 0 Å². The van der Waals surface area contributed by atoms with Gasteiger partial charge in [0.05, 0.1) is 5.56 Å². The molecule has 0 fully saturated rings. The van der Waals surface area contributed by atoms with Crippen molar-refractivity contribution in [1.29, 1.82) is 0 Å². The van der Waals surface area contributed by atoms with E-state index in [2.05, 4.69) is 43.7 Å². The van der Waals surface area contributed by atoms with Crippen molar-refractivity contribution in [2.75, 3.05) is 5.73 Å². The monoisotopic (exact) mass is 283 g/mol. The van der Waals surface area contributed by atoms with Gasteiger partial charge in [0, 0.05) is 18.2 Å². The number of anilines is 1. The molecule has 1 aliphatic rings. The molecule has 1 aliphatic heterocycles. The van der Waals surface area contributed by atoms with Crippen LogP contribution in [0.3, 0.4) is 0 Å². The second kappa shape index (κ2) is 4.72. The highest BCUT2D eigenvalue weighted by molar-refractivity contribution is 5.69. The summed E-state index contributed by atoms with van der Waals surface area (Å²) in [4.78, 5) is 9.06. The molecule has 0 saturated carbocycles. The van der Waals surface area contributed by atoms with E-state index in [1.165, 1.54) is 5.56 Å². The number of benzene rings is 1. The molecule has 0 radical (unpaired) electrons. The standard InChI is InChI=1S/C17H21N3O/c1-10(2)13-8-14(18)20-16(19-13)12-7-5-6-11-9-17(3,4)21-15(11)12/h5-8,10H,9H2,1-4H3,(H2,18,19,20). The SMILES string of the molecule is CC(C)c1cc(N)nc(-c2cccc3c2OC(C)(C)C3)n1. The van der Waals surface area contributed by atoms with E-state index in [4.69, 9.17) is 10.5 Å². The molecule has 0 bridgehead atoms. The van der Waals surface area contributed by atoms with Crippen LogP contribution >= 0.6 is 0 Å². The fourth-order valence-electron chi connectivity index (χ4n) is 2.69. The quantitative estimate of drug-likeness (QED) is 0.915. The van der Waals surface area contributed by atoms with E-state index in [9.17, 15) is 0 Å². The molecule has 21 heavy (non-hydrogen) atoms. The lowest BCUT2D eigenvalue weighted by Crippen LogP contribution is -2.24. The van der Waals surface area contributed by atoms with Gasteiger partial charge >= 0.3 is 0 Å². The Balaban J connectivity index is 2.13. The third-order valence-electron chi connectivity index (χ3n) is 3.69. The van der Waals surface area contributed by atoms with Crippen LogP contribution in [0.4, 0.5) is 5.82 Å². The van der Waals surface area contributed by atoms with Crippen LogP contribution in [0.5, 0.6) is 5.75 Å². The van der Waals surface area contributed by atoms with Gasteiger partial charge in [-0.2, -0.15) is 0 Å². The summed E-state index contributed by atoms with van der Waals surface area (Å²) in [6.45, 7) is 8.38. The van der Waals surface area contributed by atoms with Gasteiger partial charge in [-0.25, -0.2) is 9.97 Å². The van der Waals surface area contributed by atoms with Gasteiger partial charge in [-0.3, -0.25) is 0 Å². The molecule has 2 aromatic rings. The summed E-state index contributed by atoms with van der Waals surface area (Å²) >= 11 is 0. The van der Waals surface area contributed by atoms with E-state index >= 15 is 0 Å². The number of fused-ring (bicyclic) bond motifs is 1. The Morgan fingerprint density at radius 3 is 2.71 bits per heavy atom. The molecule has 1 aromatic heterocycles. The predicted molar refractivity (Wildman–Crippen MR) is 84.4 cm³/mol. The maximum absolute atomic E-state index is 6.10. The molecular weight excluding hydrogens is 262 g/mol. The molecule has 0 spiro atoms. The third-order valence-corrected chi connectivity index (χ3v) is 3.69. The minimum absolute atomic E-state index is 0.181. The summed E-state index contributed by atoms with van der Waals surface area (Å²) in [6.07, 6.45) is 0.898. The highest BCUT2D eigenvalue weighted by atomic mass is 16.5. The number of para-hydroxylation sites is 1. The van der Waals surface area contributed by atoms with E-state index in [1.807, 2.05) is 18.2 Å². The number of aromatic nitrogens is 2. The van der Waals surface area contributed by atoms with Crippen molar-refractivity contribution < 1.29 is 4.74 Å². The lowest BCUT2D eigenvalue weighted by atomic mass is 10.0. The lowest BCUT2D eigenvalue weighted by molar-refractivity contribution is 0.139. The van der Waals surface area contributed by atoms with Crippen LogP contribution in [-0.4, -0.2) is 15.6 Å². The van der Waals surface area contributed by atoms with Crippen LogP contribution in [0.15, 0.2) is 24.3 Å². The van der Waals surface area contributed by atoms with E-state index < -0.39 is 0 Å². The summed E-state index contributed by atoms with van der Waals surface area (Å²) < 4.78 is 6.10. The zero-order chi connectivity index (χ0) is 15.2. The normalized spacial score (nSPS) is 15.9. The minimum atomic E-state index is -0.181. The fourth-order valence-corrected chi connectivity index (χ4v) is 2.69. The Morgan fingerprint density at radius 2 is 2.00 bits per heavy atom. The Morgan fingerprint density at radius 1 is 1.24 bits per heavy atom. The Kier molecular flexibility index (Phi) is 3.12. The zero-order valence-corrected chi connectivity index (χ0v) is 13.0. The van der Waals surface area contributed by atoms with Gasteiger partial charge in [-0.05, 0) is 31.4 Å². The van der Waals surface area contributed by atoms with E-state index in [-0.39, 0.29) is 5.60 Å². The van der Waals surface area contributed by atoms with Crippen molar-refractivity contribution in [3.05, 3.63) is 35.5 Å². The zero-order valence-electron chi connectivity index (χ0n) is 13.0. The molecule has 0 aliphatic carbocycles. The Labute approximate surface area is 125 Å². The largest absolute Gasteiger partial charge is 0.486 e. The van der Waals surface area contributed by atoms with Gasteiger partial charge in [-0.15, -0.1) is 0 Å². The van der Waals surface area contributed by atoms with Crippen molar-refractivity contribution >= 4 is 5.82 Å². The first-order valence-corrected chi connectivity index (χ1v) is 7.31. The number of ether oxygens (including phenoxy) is 1. The summed E-state index contributed by atoms with van der Waals surface area (Å²) in [5.74, 6) is 2.35. The van der Waals surface area contributed by atoms with Crippen molar-refractivity contribution in [2.45, 2.75) is 45.6 Å². The number of nitrogen functional groups attached to an aromatic ring is 1. The smallest absolute Gasteiger partial charge is 0.165 e. The average Bonchev–Trinajstić information content (AvgIpc) is 2.71. The van der Waals surface area contributed by atoms with Crippen molar-refractivity contribution in [3.63, 3.8) is 0 Å². The Bertz CT molecular complexity index is 692. The average molecular weight is 283 g/mol. The molecule has 3 rings (SSSR count). The van der Waals surface area contributed by atoms with E-state index in [0.717, 1.165) is 23.4 Å². The first-order valence-electron chi connectivity index (χ1n) is 7.31. The van der Waals surface area contributed by atoms with Crippen molar-refractivity contribution in [3.8, 4) is 17.1 Å². The molecule has 0 atom stereocenters. The maximum Gasteiger partial charge on any atom is 0.165 e. The highest BCUT2D eigenvalue weighted by Crippen LogP contribution is 2.41. The van der Waals surface area contributed by atoms with Crippen LogP contribution in [0, 0.1) is 0 Å². The number of hydrogen-bond donors (Lipinski definition) is 1. The molecule has 0 amide bonds. The minimum Gasteiger partial charge on any atom is -0.486 e. The highest BCUT2D eigenvalue weighted by Gasteiger charge is 2.32. The maximum atomic E-state index is 6.10. The molecule has 2 heterocycles. The molecule has 0 unspecified atom stereocenters. The molecule has 110 valence electrons. The van der Waals surface area contributed by atoms with Crippen LogP contribution in [-0.2, 0) is 6.42 Å². The first-order chi connectivity index (χ1) is 9.85. The fraction of sp³-hybridized carbons (Fsp3) is 0.412. The molecular formula is C17H21N3O. The topological polar surface area (TPSA) is 61.0 Å². The second-order valence-electron chi connectivity index (χ2n) is 6.53. The number of hydrogen-bond acceptors (Lipinski definition) is 4. The molecule has 4 nitrogen and oxygen atoms in total. The van der Waals surface area contributed by atoms with E-state index in [0.29, 0.717) is 17.6 Å². The third kappa shape index (κ3) is 2.58. The number of nitrogens with zero attached hydrogens (tertiary/aromatic N) is 2. The van der Waals surface area contributed by atoms with Gasteiger partial charge in [-0.1, -0.05) is 26.0 Å². The van der Waals surface area contributed by atoms with E-state index in [1.54, 1.807) is 0 Å². The van der Waals surface area contributed by atoms with Gasteiger partial charge in [0.2, 0.25) is 0 Å². The summed E-state index contributed by atoms with van der Waals surface area (Å²) in [7, 11) is 0. The second-order valence-corrected chi connectivity index (χ2v) is 6.53. The molecule has 2 N–H and O–H groups in total. The van der Waals surface area contributed by atoms with Crippen LogP contribution in [0.1, 0.15) is 44.9 Å². The van der Waals surface area contributed by atoms with Gasteiger partial charge < -0.3 is 10.5 Å². The molecule has 4 heteroatoms. The molecule has 0 saturated heterocycles. The van der Waals surface area contributed by atoms with Crippen LogP contribution < -0.4 is 10.5 Å². The van der Waals surface area contributed by atoms with Crippen molar-refractivity contribution in [1.82, 2.24) is 9.97 Å².